The van der Waals surface area contributed by atoms with Gasteiger partial charge in [0.25, 0.3) is 5.91 Å². The molecule has 16 heteroatoms. The second kappa shape index (κ2) is 20.2. The number of ketones is 1. The number of benzene rings is 1. The van der Waals surface area contributed by atoms with Crippen LogP contribution in [0, 0.1) is 29.6 Å². The minimum atomic E-state index is -1.31. The van der Waals surface area contributed by atoms with Crippen molar-refractivity contribution < 1.29 is 47.8 Å². The maximum absolute atomic E-state index is 14.4. The molecule has 0 radical (unpaired) electrons. The molecule has 4 N–H and O–H groups in total. The van der Waals surface area contributed by atoms with Crippen LogP contribution in [0.1, 0.15) is 84.2 Å². The van der Waals surface area contributed by atoms with Gasteiger partial charge in [-0.2, -0.15) is 0 Å². The van der Waals surface area contributed by atoms with Gasteiger partial charge >= 0.3 is 12.1 Å². The largest absolute Gasteiger partial charge is 0.466 e. The Kier molecular flexibility index (Phi) is 15.8. The van der Waals surface area contributed by atoms with E-state index in [1.54, 1.807) is 58.3 Å². The average Bonchev–Trinajstić information content (AvgIpc) is 3.75. The number of carbonyl (C=O) groups excluding carboxylic acids is 8. The molecule has 2 unspecified atom stereocenters. The van der Waals surface area contributed by atoms with Crippen molar-refractivity contribution in [3.63, 3.8) is 0 Å². The van der Waals surface area contributed by atoms with Crippen molar-refractivity contribution in [2.45, 2.75) is 96.8 Å². The van der Waals surface area contributed by atoms with E-state index < -0.39 is 89.9 Å². The Hall–Kier alpha value is -5.02. The van der Waals surface area contributed by atoms with E-state index in [-0.39, 0.29) is 43.9 Å². The summed E-state index contributed by atoms with van der Waals surface area (Å²) in [5.41, 5.74) is 0.530. The number of nitrogens with zero attached hydrogens (tertiary/aromatic N) is 2. The molecule has 1 aromatic rings. The number of nitrogens with one attached hydrogen (secondary N) is 4. The van der Waals surface area contributed by atoms with Crippen molar-refractivity contribution in [3.8, 4) is 0 Å². The third kappa shape index (κ3) is 11.1. The molecule has 1 heterocycles. The van der Waals surface area contributed by atoms with Gasteiger partial charge in [-0.15, -0.1) is 0 Å². The lowest BCUT2D eigenvalue weighted by Gasteiger charge is -2.36. The molecule has 3 fully saturated rings. The van der Waals surface area contributed by atoms with Crippen LogP contribution in [-0.2, 0) is 43.0 Å². The molecule has 1 aliphatic heterocycles. The number of carbonyl (C=O) groups is 8. The van der Waals surface area contributed by atoms with Crippen molar-refractivity contribution in [2.24, 2.45) is 29.6 Å². The van der Waals surface area contributed by atoms with E-state index in [1.807, 2.05) is 13.8 Å². The van der Waals surface area contributed by atoms with E-state index in [1.165, 1.54) is 9.80 Å². The smallest absolute Gasteiger partial charge is 0.407 e. The molecule has 56 heavy (non-hydrogen) atoms. The Morgan fingerprint density at radius 2 is 1.57 bits per heavy atom. The van der Waals surface area contributed by atoms with Crippen LogP contribution in [-0.4, -0.2) is 116 Å². The van der Waals surface area contributed by atoms with Crippen LogP contribution in [0.15, 0.2) is 30.3 Å². The average molecular weight is 783 g/mol. The van der Waals surface area contributed by atoms with Crippen molar-refractivity contribution in [1.29, 1.82) is 0 Å². The van der Waals surface area contributed by atoms with E-state index in [9.17, 15) is 38.4 Å². The first-order chi connectivity index (χ1) is 26.7. The Bertz CT molecular complexity index is 1600. The van der Waals surface area contributed by atoms with E-state index in [0.29, 0.717) is 24.8 Å². The van der Waals surface area contributed by atoms with Crippen LogP contribution < -0.4 is 21.3 Å². The second-order valence-electron chi connectivity index (χ2n) is 15.5. The molecule has 1 saturated heterocycles. The molecule has 3 aliphatic rings. The Morgan fingerprint density at radius 1 is 0.893 bits per heavy atom. The summed E-state index contributed by atoms with van der Waals surface area (Å²) in [5.74, 6) is -6.61. The van der Waals surface area contributed by atoms with Crippen molar-refractivity contribution in [2.75, 3.05) is 40.4 Å². The van der Waals surface area contributed by atoms with E-state index in [4.69, 9.17) is 9.47 Å². The van der Waals surface area contributed by atoms with Crippen LogP contribution in [0.4, 0.5) is 4.79 Å². The summed E-state index contributed by atoms with van der Waals surface area (Å²) in [5, 5.41) is 10.4. The quantitative estimate of drug-likeness (QED) is 0.126. The van der Waals surface area contributed by atoms with Gasteiger partial charge in [0.15, 0.2) is 0 Å². The molecule has 2 saturated carbocycles. The van der Waals surface area contributed by atoms with Crippen molar-refractivity contribution in [3.05, 3.63) is 35.9 Å². The fourth-order valence-corrected chi connectivity index (χ4v) is 7.79. The number of ether oxygens (including phenoxy) is 2. The first-order valence-electron chi connectivity index (χ1n) is 19.8. The number of piperidine rings is 1. The molecule has 308 valence electrons. The molecule has 1 aromatic carbocycles. The number of Topliss-reactive ketones (excluding diaryl/α,β-unsaturated/α-hetero) is 1. The number of fused-ring (bicyclic) bond motifs is 1. The third-order valence-corrected chi connectivity index (χ3v) is 10.6. The number of alkyl carbamates (subject to hydrolysis) is 1. The van der Waals surface area contributed by atoms with Gasteiger partial charge in [-0.3, -0.25) is 33.6 Å². The van der Waals surface area contributed by atoms with Crippen molar-refractivity contribution >= 4 is 47.4 Å². The van der Waals surface area contributed by atoms with Gasteiger partial charge < -0.3 is 40.5 Å². The minimum absolute atomic E-state index is 0.0687. The maximum atomic E-state index is 14.4. The van der Waals surface area contributed by atoms with E-state index >= 15 is 0 Å². The number of likely N-dealkylation sites (N-methyl/N-ethyl adjacent to an activating group) is 1. The monoisotopic (exact) mass is 782 g/mol. The van der Waals surface area contributed by atoms with Gasteiger partial charge in [0.1, 0.15) is 18.1 Å². The van der Waals surface area contributed by atoms with E-state index in [0.717, 1.165) is 19.3 Å². The predicted molar refractivity (Wildman–Crippen MR) is 203 cm³/mol. The topological polar surface area (TPSA) is 210 Å². The van der Waals surface area contributed by atoms with Gasteiger partial charge in [0, 0.05) is 26.6 Å². The minimum Gasteiger partial charge on any atom is -0.466 e. The summed E-state index contributed by atoms with van der Waals surface area (Å²) < 4.78 is 10.6. The number of likely N-dealkylation sites (tertiary alicyclic amines) is 1. The van der Waals surface area contributed by atoms with Gasteiger partial charge in [0.2, 0.25) is 29.4 Å². The lowest BCUT2D eigenvalue weighted by molar-refractivity contribution is -0.149. The zero-order valence-corrected chi connectivity index (χ0v) is 33.3. The van der Waals surface area contributed by atoms with Crippen molar-refractivity contribution in [1.82, 2.24) is 31.1 Å². The highest BCUT2D eigenvalue weighted by molar-refractivity contribution is 6.38. The van der Waals surface area contributed by atoms with E-state index in [2.05, 4.69) is 21.3 Å². The summed E-state index contributed by atoms with van der Waals surface area (Å²) in [6.45, 7) is 6.98. The standard InChI is InChI=1S/C40H58N6O10/c1-7-15-27(34(48)36(50)41-20-28(47)43-31(37(51)45(5)6)24-16-11-9-12-17-24)42-35(49)33-29-26(30(29)39(53)55-8-2)21-46(33)38(52)32(25-18-13-10-14-19-25)44-40(54)56-22-23(3)4/h9,11-12,16-17,23,25-27,29-33H,7-8,10,13-15,18-22H2,1-6H3,(H,41,50)(H,42,49)(H,43,47)(H,44,54)/t26-,27?,29+,30+,31?,32-,33-/m0/s1. The SMILES string of the molecule is CCCC(NC(=O)[C@@H]1[C@@H]2[C@H](CN1C(=O)[C@@H](NC(=O)OCC(C)C)C1CCCCC1)[C@H]2C(=O)OCC)C(=O)C(=O)NCC(=O)NC(C(=O)N(C)C)c1ccccc1. The molecule has 6 amide bonds. The molecule has 16 nitrogen and oxygen atoms in total. The summed E-state index contributed by atoms with van der Waals surface area (Å²) in [6.07, 6.45) is 3.89. The van der Waals surface area contributed by atoms with Gasteiger partial charge in [-0.25, -0.2) is 4.79 Å². The summed E-state index contributed by atoms with van der Waals surface area (Å²) in [6, 6.07) is 4.09. The molecule has 2 aliphatic carbocycles. The van der Waals surface area contributed by atoms with Crippen LogP contribution >= 0.6 is 0 Å². The summed E-state index contributed by atoms with van der Waals surface area (Å²) >= 11 is 0. The third-order valence-electron chi connectivity index (χ3n) is 10.6. The van der Waals surface area contributed by atoms with Gasteiger partial charge in [-0.05, 0) is 49.5 Å². The number of hydrogen-bond acceptors (Lipinski definition) is 10. The molecule has 0 spiro atoms. The Morgan fingerprint density at radius 3 is 2.18 bits per heavy atom. The molecule has 4 rings (SSSR count). The second-order valence-corrected chi connectivity index (χ2v) is 15.5. The highest BCUT2D eigenvalue weighted by Crippen LogP contribution is 2.56. The van der Waals surface area contributed by atoms with Gasteiger partial charge in [0.05, 0.1) is 31.7 Å². The molecule has 0 aromatic heterocycles. The first-order valence-corrected chi connectivity index (χ1v) is 19.8. The first kappa shape index (κ1) is 43.7. The summed E-state index contributed by atoms with van der Waals surface area (Å²) in [4.78, 5) is 110. The predicted octanol–water partition coefficient (Wildman–Crippen LogP) is 1.87. The zero-order chi connectivity index (χ0) is 41.1. The molecule has 7 atom stereocenters. The Labute approximate surface area is 328 Å². The highest BCUT2D eigenvalue weighted by Gasteiger charge is 2.68. The number of rotatable bonds is 18. The normalized spacial score (nSPS) is 21.7. The number of hydrogen-bond donors (Lipinski definition) is 4. The summed E-state index contributed by atoms with van der Waals surface area (Å²) in [7, 11) is 3.09. The maximum Gasteiger partial charge on any atom is 0.407 e. The number of amides is 6. The molecular formula is C40H58N6O10. The highest BCUT2D eigenvalue weighted by atomic mass is 16.5. The lowest BCUT2D eigenvalue weighted by atomic mass is 9.83. The molecule has 0 bridgehead atoms. The number of esters is 1. The fraction of sp³-hybridized carbons (Fsp3) is 0.650. The zero-order valence-electron chi connectivity index (χ0n) is 33.3. The van der Waals surface area contributed by atoms with Gasteiger partial charge in [-0.1, -0.05) is 76.8 Å². The lowest BCUT2D eigenvalue weighted by Crippen LogP contribution is -2.59. The fourth-order valence-electron chi connectivity index (χ4n) is 7.79. The van der Waals surface area contributed by atoms with Crippen LogP contribution in [0.25, 0.3) is 0 Å². The van der Waals surface area contributed by atoms with Crippen LogP contribution in [0.2, 0.25) is 0 Å². The molecular weight excluding hydrogens is 724 g/mol. The van der Waals surface area contributed by atoms with Crippen LogP contribution in [0.5, 0.6) is 0 Å². The Balaban J connectivity index is 1.49. The van der Waals surface area contributed by atoms with Crippen LogP contribution in [0.3, 0.4) is 0 Å².